The number of ketones is 1. The smallest absolute Gasteiger partial charge is 0.262 e. The van der Waals surface area contributed by atoms with Crippen LogP contribution in [0.3, 0.4) is 0 Å². The first-order valence-corrected chi connectivity index (χ1v) is 9.94. The Morgan fingerprint density at radius 2 is 1.84 bits per heavy atom. The van der Waals surface area contributed by atoms with Crippen molar-refractivity contribution < 1.29 is 23.6 Å². The zero-order valence-electron chi connectivity index (χ0n) is 17.2. The van der Waals surface area contributed by atoms with Gasteiger partial charge in [0.25, 0.3) is 11.8 Å². The predicted octanol–water partition coefficient (Wildman–Crippen LogP) is 3.20. The summed E-state index contributed by atoms with van der Waals surface area (Å²) >= 11 is 0. The Labute approximate surface area is 179 Å². The largest absolute Gasteiger partial charge is 0.384 e. The number of rotatable bonds is 10. The summed E-state index contributed by atoms with van der Waals surface area (Å²) in [4.78, 5) is 49.7. The van der Waals surface area contributed by atoms with E-state index in [1.807, 2.05) is 0 Å². The molecule has 1 aliphatic rings. The van der Waals surface area contributed by atoms with E-state index in [1.54, 1.807) is 36.4 Å². The molecule has 31 heavy (non-hydrogen) atoms. The first kappa shape index (κ1) is 22.1. The molecule has 0 aromatic heterocycles. The van der Waals surface area contributed by atoms with E-state index in [1.165, 1.54) is 13.0 Å². The summed E-state index contributed by atoms with van der Waals surface area (Å²) in [5, 5.41) is 3.08. The molecule has 1 atom stereocenters. The molecule has 0 bridgehead atoms. The lowest BCUT2D eigenvalue weighted by molar-refractivity contribution is -0.121. The van der Waals surface area contributed by atoms with Crippen LogP contribution >= 0.6 is 0 Å². The average Bonchev–Trinajstić information content (AvgIpc) is 2.99. The van der Waals surface area contributed by atoms with E-state index in [0.29, 0.717) is 23.1 Å². The summed E-state index contributed by atoms with van der Waals surface area (Å²) in [6.45, 7) is 5.43. The van der Waals surface area contributed by atoms with Crippen LogP contribution in [0.4, 0.5) is 4.39 Å². The van der Waals surface area contributed by atoms with E-state index in [4.69, 9.17) is 0 Å². The monoisotopic (exact) mass is 422 g/mol. The van der Waals surface area contributed by atoms with Gasteiger partial charge < -0.3 is 10.1 Å². The van der Waals surface area contributed by atoms with Crippen LogP contribution in [0.1, 0.15) is 51.6 Å². The Bertz CT molecular complexity index is 1060. The molecule has 0 aliphatic carbocycles. The van der Waals surface area contributed by atoms with Crippen molar-refractivity contribution >= 4 is 23.9 Å². The second-order valence-corrected chi connectivity index (χ2v) is 7.42. The number of amides is 2. The van der Waals surface area contributed by atoms with Crippen LogP contribution in [-0.2, 0) is 22.6 Å². The molecule has 1 aliphatic heterocycles. The maximum Gasteiger partial charge on any atom is 0.262 e. The molecule has 6 nitrogen and oxygen atoms in total. The fourth-order valence-corrected chi connectivity index (χ4v) is 3.70. The van der Waals surface area contributed by atoms with Gasteiger partial charge in [0.1, 0.15) is 12.1 Å². The van der Waals surface area contributed by atoms with Gasteiger partial charge in [0.2, 0.25) is 0 Å². The van der Waals surface area contributed by atoms with Crippen molar-refractivity contribution in [1.82, 2.24) is 10.2 Å². The molecule has 3 rings (SSSR count). The van der Waals surface area contributed by atoms with Gasteiger partial charge in [-0.15, -0.1) is 0 Å². The fraction of sp³-hybridized carbons (Fsp3) is 0.250. The molecule has 7 heteroatoms. The molecular formula is C24H23FN2O4. The molecule has 160 valence electrons. The minimum atomic E-state index is -0.977. The van der Waals surface area contributed by atoms with Crippen molar-refractivity contribution in [2.24, 2.45) is 0 Å². The van der Waals surface area contributed by atoms with Gasteiger partial charge in [-0.1, -0.05) is 36.9 Å². The summed E-state index contributed by atoms with van der Waals surface area (Å²) < 4.78 is 13.9. The summed E-state index contributed by atoms with van der Waals surface area (Å²) in [5.74, 6) is -1.77. The van der Waals surface area contributed by atoms with Gasteiger partial charge in [-0.2, -0.15) is 0 Å². The van der Waals surface area contributed by atoms with Gasteiger partial charge in [-0.05, 0) is 36.6 Å². The van der Waals surface area contributed by atoms with E-state index in [9.17, 15) is 23.6 Å². The highest BCUT2D eigenvalue weighted by molar-refractivity contribution is 6.23. The van der Waals surface area contributed by atoms with Gasteiger partial charge >= 0.3 is 0 Å². The Morgan fingerprint density at radius 3 is 2.52 bits per heavy atom. The third-order valence-electron chi connectivity index (χ3n) is 5.26. The van der Waals surface area contributed by atoms with Crippen molar-refractivity contribution in [3.8, 4) is 0 Å². The van der Waals surface area contributed by atoms with Crippen molar-refractivity contribution in [2.45, 2.75) is 38.8 Å². The standard InChI is InChI=1S/C24H23FN2O4/c1-15(13-17-7-3-4-10-20(17)25)26-14-18-8-5-9-19-22(18)24(31)27(23(19)30)21(16(2)29)11-6-12-28/h3-5,7-10,12,21,26H,1,6,11,13-14H2,2H3. The molecular weight excluding hydrogens is 399 g/mol. The summed E-state index contributed by atoms with van der Waals surface area (Å²) in [6, 6.07) is 10.3. The van der Waals surface area contributed by atoms with Crippen molar-refractivity contribution in [3.05, 3.63) is 82.8 Å². The van der Waals surface area contributed by atoms with Crippen LogP contribution in [0, 0.1) is 5.82 Å². The van der Waals surface area contributed by atoms with Crippen molar-refractivity contribution in [3.63, 3.8) is 0 Å². The zero-order valence-corrected chi connectivity index (χ0v) is 17.2. The Hall–Kier alpha value is -3.61. The minimum absolute atomic E-state index is 0.0714. The van der Waals surface area contributed by atoms with Crippen LogP contribution in [0.5, 0.6) is 0 Å². The second kappa shape index (κ2) is 9.47. The molecule has 2 aromatic rings. The number of nitrogens with zero attached hydrogens (tertiary/aromatic N) is 1. The lowest BCUT2D eigenvalue weighted by atomic mass is 10.0. The van der Waals surface area contributed by atoms with Crippen molar-refractivity contribution in [1.29, 1.82) is 0 Å². The number of hydrogen-bond acceptors (Lipinski definition) is 5. The highest BCUT2D eigenvalue weighted by Gasteiger charge is 2.42. The van der Waals surface area contributed by atoms with E-state index in [0.717, 1.165) is 4.90 Å². The summed E-state index contributed by atoms with van der Waals surface area (Å²) in [6.07, 6.45) is 1.10. The average molecular weight is 422 g/mol. The number of halogens is 1. The molecule has 0 radical (unpaired) electrons. The second-order valence-electron chi connectivity index (χ2n) is 7.42. The van der Waals surface area contributed by atoms with E-state index in [2.05, 4.69) is 11.9 Å². The van der Waals surface area contributed by atoms with Gasteiger partial charge in [0.05, 0.1) is 17.2 Å². The fourth-order valence-electron chi connectivity index (χ4n) is 3.70. The molecule has 0 spiro atoms. The maximum atomic E-state index is 13.9. The van der Waals surface area contributed by atoms with Crippen LogP contribution in [0.15, 0.2) is 54.7 Å². The first-order chi connectivity index (χ1) is 14.8. The lowest BCUT2D eigenvalue weighted by Crippen LogP contribution is -2.44. The SMILES string of the molecule is C=C(Cc1ccccc1F)NCc1cccc2c1C(=O)N(C(CCC=O)C(C)=O)C2=O. The highest BCUT2D eigenvalue weighted by Crippen LogP contribution is 2.29. The van der Waals surface area contributed by atoms with Crippen LogP contribution in [0.2, 0.25) is 0 Å². The topological polar surface area (TPSA) is 83.6 Å². The van der Waals surface area contributed by atoms with Gasteiger partial charge in [-0.25, -0.2) is 4.39 Å². The number of imide groups is 1. The Kier molecular flexibility index (Phi) is 6.74. The molecule has 1 heterocycles. The number of fused-ring (bicyclic) bond motifs is 1. The van der Waals surface area contributed by atoms with E-state index >= 15 is 0 Å². The van der Waals surface area contributed by atoms with Crippen molar-refractivity contribution in [2.75, 3.05) is 0 Å². The molecule has 0 fully saturated rings. The molecule has 1 N–H and O–H groups in total. The van der Waals surface area contributed by atoms with Crippen LogP contribution in [-0.4, -0.2) is 34.8 Å². The lowest BCUT2D eigenvalue weighted by Gasteiger charge is -2.23. The quantitative estimate of drug-likeness (QED) is 0.470. The number of carbonyl (C=O) groups excluding carboxylic acids is 4. The molecule has 1 unspecified atom stereocenters. The molecule has 0 saturated carbocycles. The first-order valence-electron chi connectivity index (χ1n) is 9.94. The number of nitrogens with one attached hydrogen (secondary N) is 1. The maximum absolute atomic E-state index is 13.9. The summed E-state index contributed by atoms with van der Waals surface area (Å²) in [5.41, 5.74) is 2.09. The number of Topliss-reactive ketones (excluding diaryl/α,β-unsaturated/α-hetero) is 1. The predicted molar refractivity (Wildman–Crippen MR) is 113 cm³/mol. The minimum Gasteiger partial charge on any atom is -0.384 e. The van der Waals surface area contributed by atoms with E-state index < -0.39 is 17.9 Å². The normalized spacial score (nSPS) is 13.7. The third kappa shape index (κ3) is 4.60. The summed E-state index contributed by atoms with van der Waals surface area (Å²) in [7, 11) is 0. The Morgan fingerprint density at radius 1 is 1.13 bits per heavy atom. The highest BCUT2D eigenvalue weighted by atomic mass is 19.1. The van der Waals surface area contributed by atoms with Crippen LogP contribution in [0.25, 0.3) is 0 Å². The Balaban J connectivity index is 1.78. The third-order valence-corrected chi connectivity index (χ3v) is 5.26. The van der Waals surface area contributed by atoms with E-state index in [-0.39, 0.29) is 48.5 Å². The zero-order chi connectivity index (χ0) is 22.5. The number of hydrogen-bond donors (Lipinski definition) is 1. The van der Waals surface area contributed by atoms with Crippen LogP contribution < -0.4 is 5.32 Å². The number of benzene rings is 2. The van der Waals surface area contributed by atoms with Gasteiger partial charge in [0.15, 0.2) is 5.78 Å². The van der Waals surface area contributed by atoms with Gasteiger partial charge in [0, 0.05) is 25.1 Å². The molecule has 2 aromatic carbocycles. The number of allylic oxidation sites excluding steroid dienone is 1. The van der Waals surface area contributed by atoms with Gasteiger partial charge in [-0.3, -0.25) is 19.3 Å². The number of carbonyl (C=O) groups is 4. The number of aldehydes is 1. The molecule has 2 amide bonds. The molecule has 0 saturated heterocycles.